The standard InChI is InChI=1S/C13H18N2O3/c1-18-12-8-9(2-3-11(12)14)13(17)15-6-4-10(16)5-7-15/h2-3,8,10,16H,4-7,14H2,1H3. The van der Waals surface area contributed by atoms with Gasteiger partial charge in [0.05, 0.1) is 18.9 Å². The fraction of sp³-hybridized carbons (Fsp3) is 0.462. The van der Waals surface area contributed by atoms with Crippen molar-refractivity contribution in [2.24, 2.45) is 0 Å². The normalized spacial score (nSPS) is 16.7. The smallest absolute Gasteiger partial charge is 0.253 e. The van der Waals surface area contributed by atoms with Gasteiger partial charge < -0.3 is 20.5 Å². The Morgan fingerprint density at radius 1 is 1.44 bits per heavy atom. The van der Waals surface area contributed by atoms with E-state index in [1.54, 1.807) is 23.1 Å². The van der Waals surface area contributed by atoms with Crippen molar-refractivity contribution in [3.05, 3.63) is 23.8 Å². The second-order valence-corrected chi connectivity index (χ2v) is 4.48. The number of methoxy groups -OCH3 is 1. The number of benzene rings is 1. The number of nitrogen functional groups attached to an aromatic ring is 1. The first-order valence-corrected chi connectivity index (χ1v) is 6.02. The van der Waals surface area contributed by atoms with Crippen LogP contribution in [0.1, 0.15) is 23.2 Å². The minimum absolute atomic E-state index is 0.0415. The summed E-state index contributed by atoms with van der Waals surface area (Å²) >= 11 is 0. The van der Waals surface area contributed by atoms with Crippen molar-refractivity contribution in [2.75, 3.05) is 25.9 Å². The number of aliphatic hydroxyl groups excluding tert-OH is 1. The fourth-order valence-electron chi connectivity index (χ4n) is 2.10. The monoisotopic (exact) mass is 250 g/mol. The number of aliphatic hydroxyl groups is 1. The number of hydrogen-bond acceptors (Lipinski definition) is 4. The Labute approximate surface area is 106 Å². The van der Waals surface area contributed by atoms with Crippen LogP contribution in [0.2, 0.25) is 0 Å². The van der Waals surface area contributed by atoms with E-state index in [0.29, 0.717) is 42.9 Å². The third-order valence-corrected chi connectivity index (χ3v) is 3.23. The van der Waals surface area contributed by atoms with E-state index in [0.717, 1.165) is 0 Å². The van der Waals surface area contributed by atoms with Crippen LogP contribution in [0.3, 0.4) is 0 Å². The summed E-state index contributed by atoms with van der Waals surface area (Å²) in [6.45, 7) is 1.18. The molecule has 1 fully saturated rings. The van der Waals surface area contributed by atoms with Crippen LogP contribution in [0, 0.1) is 0 Å². The predicted octanol–water partition coefficient (Wildman–Crippen LogP) is 0.874. The summed E-state index contributed by atoms with van der Waals surface area (Å²) in [6.07, 6.45) is 0.991. The molecule has 0 radical (unpaired) electrons. The Bertz CT molecular complexity index is 440. The molecular formula is C13H18N2O3. The molecule has 98 valence electrons. The molecule has 1 saturated heterocycles. The fourth-order valence-corrected chi connectivity index (χ4v) is 2.10. The van der Waals surface area contributed by atoms with Gasteiger partial charge in [-0.15, -0.1) is 0 Å². The van der Waals surface area contributed by atoms with Gasteiger partial charge in [-0.3, -0.25) is 4.79 Å². The Morgan fingerprint density at radius 3 is 2.72 bits per heavy atom. The summed E-state index contributed by atoms with van der Waals surface area (Å²) in [7, 11) is 1.53. The van der Waals surface area contributed by atoms with Crippen LogP contribution in [-0.4, -0.2) is 42.2 Å². The first-order valence-electron chi connectivity index (χ1n) is 6.02. The van der Waals surface area contributed by atoms with Crippen molar-refractivity contribution in [1.29, 1.82) is 0 Å². The van der Waals surface area contributed by atoms with Gasteiger partial charge in [-0.05, 0) is 31.0 Å². The first kappa shape index (κ1) is 12.7. The largest absolute Gasteiger partial charge is 0.495 e. The van der Waals surface area contributed by atoms with E-state index in [4.69, 9.17) is 10.5 Å². The number of piperidine rings is 1. The summed E-state index contributed by atoms with van der Waals surface area (Å²) in [4.78, 5) is 14.0. The molecule has 0 spiro atoms. The second kappa shape index (κ2) is 5.27. The molecule has 0 saturated carbocycles. The van der Waals surface area contributed by atoms with Gasteiger partial charge in [0.2, 0.25) is 0 Å². The number of ether oxygens (including phenoxy) is 1. The summed E-state index contributed by atoms with van der Waals surface area (Å²) in [6, 6.07) is 5.03. The molecule has 0 aromatic heterocycles. The van der Waals surface area contributed by atoms with Gasteiger partial charge in [-0.2, -0.15) is 0 Å². The Balaban J connectivity index is 2.13. The van der Waals surface area contributed by atoms with Crippen LogP contribution in [-0.2, 0) is 0 Å². The molecule has 1 heterocycles. The quantitative estimate of drug-likeness (QED) is 0.764. The van der Waals surface area contributed by atoms with Gasteiger partial charge in [0, 0.05) is 18.7 Å². The van der Waals surface area contributed by atoms with E-state index in [1.165, 1.54) is 7.11 Å². The summed E-state index contributed by atoms with van der Waals surface area (Å²) in [5, 5.41) is 9.42. The van der Waals surface area contributed by atoms with E-state index in [1.807, 2.05) is 0 Å². The number of rotatable bonds is 2. The molecular weight excluding hydrogens is 232 g/mol. The van der Waals surface area contributed by atoms with Crippen molar-refractivity contribution in [3.8, 4) is 5.75 Å². The van der Waals surface area contributed by atoms with Crippen LogP contribution >= 0.6 is 0 Å². The maximum atomic E-state index is 12.2. The second-order valence-electron chi connectivity index (χ2n) is 4.48. The molecule has 1 amide bonds. The van der Waals surface area contributed by atoms with Crippen LogP contribution in [0.25, 0.3) is 0 Å². The molecule has 0 atom stereocenters. The molecule has 5 heteroatoms. The zero-order valence-corrected chi connectivity index (χ0v) is 10.4. The van der Waals surface area contributed by atoms with Crippen molar-refractivity contribution < 1.29 is 14.6 Å². The highest BCUT2D eigenvalue weighted by Gasteiger charge is 2.22. The lowest BCUT2D eigenvalue weighted by atomic mass is 10.1. The van der Waals surface area contributed by atoms with E-state index >= 15 is 0 Å². The minimum atomic E-state index is -0.282. The number of nitrogens with zero attached hydrogens (tertiary/aromatic N) is 1. The number of amides is 1. The van der Waals surface area contributed by atoms with Crippen molar-refractivity contribution in [2.45, 2.75) is 18.9 Å². The molecule has 1 aliphatic heterocycles. The molecule has 1 aromatic carbocycles. The lowest BCUT2D eigenvalue weighted by Gasteiger charge is -2.29. The predicted molar refractivity (Wildman–Crippen MR) is 68.6 cm³/mol. The van der Waals surface area contributed by atoms with E-state index in [-0.39, 0.29) is 12.0 Å². The van der Waals surface area contributed by atoms with E-state index in [9.17, 15) is 9.90 Å². The Hall–Kier alpha value is -1.75. The maximum Gasteiger partial charge on any atom is 0.253 e. The molecule has 1 aliphatic rings. The third-order valence-electron chi connectivity index (χ3n) is 3.23. The van der Waals surface area contributed by atoms with Gasteiger partial charge in [0.15, 0.2) is 0 Å². The SMILES string of the molecule is COc1cc(C(=O)N2CCC(O)CC2)ccc1N. The van der Waals surface area contributed by atoms with Crippen molar-refractivity contribution in [1.82, 2.24) is 4.90 Å². The maximum absolute atomic E-state index is 12.2. The zero-order chi connectivity index (χ0) is 13.1. The number of nitrogens with two attached hydrogens (primary N) is 1. The molecule has 2 rings (SSSR count). The van der Waals surface area contributed by atoms with Crippen LogP contribution < -0.4 is 10.5 Å². The molecule has 18 heavy (non-hydrogen) atoms. The molecule has 0 unspecified atom stereocenters. The lowest BCUT2D eigenvalue weighted by molar-refractivity contribution is 0.0546. The third kappa shape index (κ3) is 2.56. The number of likely N-dealkylation sites (tertiary alicyclic amines) is 1. The average molecular weight is 250 g/mol. The topological polar surface area (TPSA) is 75.8 Å². The highest BCUT2D eigenvalue weighted by Crippen LogP contribution is 2.23. The Kier molecular flexibility index (Phi) is 3.72. The van der Waals surface area contributed by atoms with Gasteiger partial charge in [0.25, 0.3) is 5.91 Å². The Morgan fingerprint density at radius 2 is 2.11 bits per heavy atom. The number of anilines is 1. The summed E-state index contributed by atoms with van der Waals surface area (Å²) < 4.78 is 5.10. The van der Waals surface area contributed by atoms with Crippen LogP contribution in [0.15, 0.2) is 18.2 Å². The number of hydrogen-bond donors (Lipinski definition) is 2. The average Bonchev–Trinajstić information content (AvgIpc) is 2.39. The lowest BCUT2D eigenvalue weighted by Crippen LogP contribution is -2.40. The van der Waals surface area contributed by atoms with Gasteiger partial charge in [-0.1, -0.05) is 0 Å². The number of carbonyl (C=O) groups is 1. The van der Waals surface area contributed by atoms with E-state index in [2.05, 4.69) is 0 Å². The van der Waals surface area contributed by atoms with Crippen LogP contribution in [0.4, 0.5) is 5.69 Å². The molecule has 1 aromatic rings. The molecule has 5 nitrogen and oxygen atoms in total. The molecule has 0 bridgehead atoms. The minimum Gasteiger partial charge on any atom is -0.495 e. The highest BCUT2D eigenvalue weighted by molar-refractivity contribution is 5.95. The molecule has 0 aliphatic carbocycles. The van der Waals surface area contributed by atoms with Gasteiger partial charge in [0.1, 0.15) is 5.75 Å². The first-order chi connectivity index (χ1) is 8.61. The highest BCUT2D eigenvalue weighted by atomic mass is 16.5. The summed E-state index contributed by atoms with van der Waals surface area (Å²) in [5.74, 6) is 0.470. The molecule has 3 N–H and O–H groups in total. The van der Waals surface area contributed by atoms with Crippen molar-refractivity contribution in [3.63, 3.8) is 0 Å². The van der Waals surface area contributed by atoms with Crippen molar-refractivity contribution >= 4 is 11.6 Å². The number of carbonyl (C=O) groups excluding carboxylic acids is 1. The van der Waals surface area contributed by atoms with Gasteiger partial charge >= 0.3 is 0 Å². The van der Waals surface area contributed by atoms with Gasteiger partial charge in [-0.25, -0.2) is 0 Å². The van der Waals surface area contributed by atoms with Crippen LogP contribution in [0.5, 0.6) is 5.75 Å². The summed E-state index contributed by atoms with van der Waals surface area (Å²) in [5.41, 5.74) is 6.80. The zero-order valence-electron chi connectivity index (χ0n) is 10.4. The van der Waals surface area contributed by atoms with E-state index < -0.39 is 0 Å².